The Kier molecular flexibility index (Phi) is 4.59. The molecule has 2 unspecified atom stereocenters. The molecule has 0 aliphatic heterocycles. The SMILES string of the molecule is CC(N)Cc1cc(Cl)cc(CC(C)N)c1O. The Morgan fingerprint density at radius 2 is 1.50 bits per heavy atom. The molecule has 0 heterocycles. The number of phenols is 1. The van der Waals surface area contributed by atoms with E-state index < -0.39 is 0 Å². The molecule has 0 saturated carbocycles. The van der Waals surface area contributed by atoms with Crippen LogP contribution in [-0.2, 0) is 12.8 Å². The summed E-state index contributed by atoms with van der Waals surface area (Å²) in [6.45, 7) is 3.79. The van der Waals surface area contributed by atoms with E-state index in [0.29, 0.717) is 17.9 Å². The average Bonchev–Trinajstić information content (AvgIpc) is 2.11. The minimum Gasteiger partial charge on any atom is -0.507 e. The monoisotopic (exact) mass is 242 g/mol. The van der Waals surface area contributed by atoms with E-state index in [4.69, 9.17) is 23.1 Å². The van der Waals surface area contributed by atoms with Crippen molar-refractivity contribution in [3.63, 3.8) is 0 Å². The number of hydrogen-bond donors (Lipinski definition) is 3. The molecule has 1 aromatic carbocycles. The van der Waals surface area contributed by atoms with Crippen LogP contribution in [0, 0.1) is 0 Å². The first kappa shape index (κ1) is 13.3. The lowest BCUT2D eigenvalue weighted by atomic mass is 9.99. The predicted molar refractivity (Wildman–Crippen MR) is 67.8 cm³/mol. The normalized spacial score (nSPS) is 14.8. The molecule has 1 rings (SSSR count). The van der Waals surface area contributed by atoms with Crippen molar-refractivity contribution < 1.29 is 5.11 Å². The van der Waals surface area contributed by atoms with E-state index in [1.807, 2.05) is 13.8 Å². The van der Waals surface area contributed by atoms with Gasteiger partial charge in [0.05, 0.1) is 0 Å². The van der Waals surface area contributed by atoms with Crippen LogP contribution in [0.1, 0.15) is 25.0 Å². The smallest absolute Gasteiger partial charge is 0.122 e. The van der Waals surface area contributed by atoms with Crippen LogP contribution < -0.4 is 11.5 Å². The van der Waals surface area contributed by atoms with Crippen molar-refractivity contribution in [2.45, 2.75) is 38.8 Å². The first-order valence-corrected chi connectivity index (χ1v) is 5.79. The molecule has 1 aromatic rings. The summed E-state index contributed by atoms with van der Waals surface area (Å²) in [6.07, 6.45) is 1.22. The molecule has 0 aliphatic carbocycles. The summed E-state index contributed by atoms with van der Waals surface area (Å²) in [6, 6.07) is 3.50. The first-order chi connectivity index (χ1) is 7.40. The molecular formula is C12H19ClN2O. The Balaban J connectivity index is 3.05. The molecule has 16 heavy (non-hydrogen) atoms. The highest BCUT2D eigenvalue weighted by molar-refractivity contribution is 6.30. The minimum atomic E-state index is -0.00693. The molecule has 0 aliphatic rings. The third kappa shape index (κ3) is 3.67. The lowest BCUT2D eigenvalue weighted by molar-refractivity contribution is 0.456. The van der Waals surface area contributed by atoms with Crippen molar-refractivity contribution in [1.82, 2.24) is 0 Å². The van der Waals surface area contributed by atoms with Crippen LogP contribution in [0.2, 0.25) is 5.02 Å². The van der Waals surface area contributed by atoms with Gasteiger partial charge in [0.15, 0.2) is 0 Å². The first-order valence-electron chi connectivity index (χ1n) is 5.41. The van der Waals surface area contributed by atoms with Gasteiger partial charge in [-0.15, -0.1) is 0 Å². The van der Waals surface area contributed by atoms with Gasteiger partial charge in [-0.05, 0) is 49.9 Å². The highest BCUT2D eigenvalue weighted by Crippen LogP contribution is 2.28. The van der Waals surface area contributed by atoms with Gasteiger partial charge in [0, 0.05) is 17.1 Å². The fourth-order valence-electron chi connectivity index (χ4n) is 1.72. The second-order valence-electron chi connectivity index (χ2n) is 4.44. The van der Waals surface area contributed by atoms with Crippen LogP contribution in [0.4, 0.5) is 0 Å². The molecule has 4 heteroatoms. The van der Waals surface area contributed by atoms with E-state index in [2.05, 4.69) is 0 Å². The molecule has 0 aromatic heterocycles. The van der Waals surface area contributed by atoms with Crippen molar-refractivity contribution in [3.05, 3.63) is 28.3 Å². The number of benzene rings is 1. The number of aromatic hydroxyl groups is 1. The number of rotatable bonds is 4. The van der Waals surface area contributed by atoms with Gasteiger partial charge < -0.3 is 16.6 Å². The zero-order chi connectivity index (χ0) is 12.3. The zero-order valence-corrected chi connectivity index (χ0v) is 10.5. The summed E-state index contributed by atoms with van der Waals surface area (Å²) < 4.78 is 0. The van der Waals surface area contributed by atoms with Gasteiger partial charge in [-0.1, -0.05) is 11.6 Å². The second kappa shape index (κ2) is 5.53. The quantitative estimate of drug-likeness (QED) is 0.754. The van der Waals surface area contributed by atoms with Crippen molar-refractivity contribution in [1.29, 1.82) is 0 Å². The minimum absolute atomic E-state index is 0.00693. The second-order valence-corrected chi connectivity index (χ2v) is 4.87. The third-order valence-corrected chi connectivity index (χ3v) is 2.53. The molecule has 90 valence electrons. The Hall–Kier alpha value is -0.770. The van der Waals surface area contributed by atoms with Crippen LogP contribution >= 0.6 is 11.6 Å². The Labute approximate surface area is 101 Å². The number of hydrogen-bond acceptors (Lipinski definition) is 3. The van der Waals surface area contributed by atoms with E-state index in [9.17, 15) is 5.11 Å². The summed E-state index contributed by atoms with van der Waals surface area (Å²) in [4.78, 5) is 0. The molecule has 5 N–H and O–H groups in total. The maximum atomic E-state index is 10.0. The van der Waals surface area contributed by atoms with E-state index in [1.165, 1.54) is 0 Å². The topological polar surface area (TPSA) is 72.3 Å². The van der Waals surface area contributed by atoms with Crippen molar-refractivity contribution in [2.24, 2.45) is 11.5 Å². The summed E-state index contributed by atoms with van der Waals surface area (Å²) in [5.74, 6) is 0.277. The maximum absolute atomic E-state index is 10.0. The standard InChI is InChI=1S/C12H19ClN2O/c1-7(14)3-9-5-11(13)6-10(12(9)16)4-8(2)15/h5-8,16H,3-4,14-15H2,1-2H3. The Morgan fingerprint density at radius 1 is 1.12 bits per heavy atom. The summed E-state index contributed by atoms with van der Waals surface area (Å²) in [7, 11) is 0. The van der Waals surface area contributed by atoms with E-state index in [0.717, 1.165) is 11.1 Å². The van der Waals surface area contributed by atoms with Crippen LogP contribution in [-0.4, -0.2) is 17.2 Å². The molecule has 0 bridgehead atoms. The third-order valence-electron chi connectivity index (χ3n) is 2.32. The Morgan fingerprint density at radius 3 is 1.81 bits per heavy atom. The van der Waals surface area contributed by atoms with Gasteiger partial charge in [0.1, 0.15) is 5.75 Å². The van der Waals surface area contributed by atoms with Crippen molar-refractivity contribution >= 4 is 11.6 Å². The largest absolute Gasteiger partial charge is 0.507 e. The van der Waals surface area contributed by atoms with E-state index in [1.54, 1.807) is 12.1 Å². The van der Waals surface area contributed by atoms with E-state index >= 15 is 0 Å². The van der Waals surface area contributed by atoms with Gasteiger partial charge in [0.25, 0.3) is 0 Å². The van der Waals surface area contributed by atoms with Crippen LogP contribution in [0.3, 0.4) is 0 Å². The van der Waals surface area contributed by atoms with Gasteiger partial charge >= 0.3 is 0 Å². The summed E-state index contributed by atoms with van der Waals surface area (Å²) in [5, 5.41) is 10.7. The number of halogens is 1. The predicted octanol–water partition coefficient (Wildman–Crippen LogP) is 1.83. The number of phenolic OH excluding ortho intramolecular Hbond substituents is 1. The van der Waals surface area contributed by atoms with Crippen LogP contribution in [0.15, 0.2) is 12.1 Å². The van der Waals surface area contributed by atoms with Crippen LogP contribution in [0.25, 0.3) is 0 Å². The fraction of sp³-hybridized carbons (Fsp3) is 0.500. The molecule has 0 saturated heterocycles. The number of nitrogens with two attached hydrogens (primary N) is 2. The van der Waals surface area contributed by atoms with Crippen LogP contribution in [0.5, 0.6) is 5.75 Å². The zero-order valence-electron chi connectivity index (χ0n) is 9.70. The van der Waals surface area contributed by atoms with Gasteiger partial charge in [-0.3, -0.25) is 0 Å². The van der Waals surface area contributed by atoms with Crippen molar-refractivity contribution in [2.75, 3.05) is 0 Å². The highest BCUT2D eigenvalue weighted by atomic mass is 35.5. The maximum Gasteiger partial charge on any atom is 0.122 e. The molecule has 3 nitrogen and oxygen atoms in total. The molecule has 0 radical (unpaired) electrons. The lowest BCUT2D eigenvalue weighted by Crippen LogP contribution is -2.19. The molecule has 0 fully saturated rings. The van der Waals surface area contributed by atoms with E-state index in [-0.39, 0.29) is 17.8 Å². The average molecular weight is 243 g/mol. The Bertz CT molecular complexity index is 333. The highest BCUT2D eigenvalue weighted by Gasteiger charge is 2.12. The van der Waals surface area contributed by atoms with Gasteiger partial charge in [-0.25, -0.2) is 0 Å². The molecular weight excluding hydrogens is 224 g/mol. The van der Waals surface area contributed by atoms with Gasteiger partial charge in [-0.2, -0.15) is 0 Å². The lowest BCUT2D eigenvalue weighted by Gasteiger charge is -2.14. The molecule has 0 amide bonds. The summed E-state index contributed by atoms with van der Waals surface area (Å²) >= 11 is 6.00. The summed E-state index contributed by atoms with van der Waals surface area (Å²) in [5.41, 5.74) is 13.0. The molecule has 0 spiro atoms. The molecule has 2 atom stereocenters. The fourth-order valence-corrected chi connectivity index (χ4v) is 1.99. The van der Waals surface area contributed by atoms with Crippen molar-refractivity contribution in [3.8, 4) is 5.75 Å². The van der Waals surface area contributed by atoms with Gasteiger partial charge in [0.2, 0.25) is 0 Å².